The standard InChI is InChI=1S/C8H16Br2O3/c1-7(9)12-5-3-11-4-6-13-8(2)10/h7-8H,3-6H2,1-2H3. The molecule has 0 saturated heterocycles. The van der Waals surface area contributed by atoms with Gasteiger partial charge in [0.05, 0.1) is 26.4 Å². The van der Waals surface area contributed by atoms with Gasteiger partial charge < -0.3 is 14.2 Å². The molecule has 3 nitrogen and oxygen atoms in total. The molecular formula is C8H16Br2O3. The Balaban J connectivity index is 2.92. The Hall–Kier alpha value is 0.840. The molecular weight excluding hydrogens is 304 g/mol. The van der Waals surface area contributed by atoms with Crippen molar-refractivity contribution < 1.29 is 14.2 Å². The molecule has 5 heteroatoms. The first-order valence-electron chi connectivity index (χ1n) is 4.22. The molecule has 0 aromatic carbocycles. The maximum absolute atomic E-state index is 5.24. The summed E-state index contributed by atoms with van der Waals surface area (Å²) in [6.45, 7) is 6.28. The first kappa shape index (κ1) is 13.8. The fraction of sp³-hybridized carbons (Fsp3) is 1.00. The van der Waals surface area contributed by atoms with Crippen molar-refractivity contribution in [3.63, 3.8) is 0 Å². The lowest BCUT2D eigenvalue weighted by Crippen LogP contribution is -2.12. The van der Waals surface area contributed by atoms with Crippen LogP contribution in [0.25, 0.3) is 0 Å². The van der Waals surface area contributed by atoms with Gasteiger partial charge in [-0.1, -0.05) is 31.9 Å². The average molecular weight is 320 g/mol. The topological polar surface area (TPSA) is 27.7 Å². The molecule has 2 unspecified atom stereocenters. The summed E-state index contributed by atoms with van der Waals surface area (Å²) < 4.78 is 15.7. The third-order valence-electron chi connectivity index (χ3n) is 1.15. The number of ether oxygens (including phenoxy) is 3. The summed E-state index contributed by atoms with van der Waals surface area (Å²) in [6, 6.07) is 0. The molecule has 0 heterocycles. The van der Waals surface area contributed by atoms with Crippen LogP contribution in [-0.2, 0) is 14.2 Å². The van der Waals surface area contributed by atoms with Gasteiger partial charge in [-0.2, -0.15) is 0 Å². The van der Waals surface area contributed by atoms with Crippen molar-refractivity contribution in [2.45, 2.75) is 23.9 Å². The lowest BCUT2D eigenvalue weighted by atomic mass is 10.7. The van der Waals surface area contributed by atoms with Crippen molar-refractivity contribution in [2.75, 3.05) is 26.4 Å². The van der Waals surface area contributed by atoms with Crippen molar-refractivity contribution >= 4 is 31.9 Å². The highest BCUT2D eigenvalue weighted by atomic mass is 79.9. The van der Waals surface area contributed by atoms with Crippen LogP contribution in [0.3, 0.4) is 0 Å². The van der Waals surface area contributed by atoms with Crippen LogP contribution >= 0.6 is 31.9 Å². The monoisotopic (exact) mass is 318 g/mol. The van der Waals surface area contributed by atoms with Gasteiger partial charge >= 0.3 is 0 Å². The van der Waals surface area contributed by atoms with E-state index in [0.717, 1.165) is 0 Å². The second-order valence-electron chi connectivity index (χ2n) is 2.44. The van der Waals surface area contributed by atoms with Crippen LogP contribution < -0.4 is 0 Å². The summed E-state index contributed by atoms with van der Waals surface area (Å²) in [5.74, 6) is 0. The zero-order chi connectivity index (χ0) is 10.1. The van der Waals surface area contributed by atoms with E-state index in [0.29, 0.717) is 26.4 Å². The molecule has 0 aliphatic carbocycles. The normalized spacial score (nSPS) is 15.7. The van der Waals surface area contributed by atoms with E-state index in [1.807, 2.05) is 13.8 Å². The third kappa shape index (κ3) is 12.8. The molecule has 0 aliphatic heterocycles. The molecule has 0 aromatic heterocycles. The molecule has 0 bridgehead atoms. The molecule has 0 N–H and O–H groups in total. The second-order valence-corrected chi connectivity index (χ2v) is 5.02. The first-order valence-corrected chi connectivity index (χ1v) is 6.05. The number of hydrogen-bond acceptors (Lipinski definition) is 3. The van der Waals surface area contributed by atoms with Gasteiger partial charge in [-0.05, 0) is 13.8 Å². The minimum absolute atomic E-state index is 0.0925. The molecule has 0 radical (unpaired) electrons. The van der Waals surface area contributed by atoms with Crippen molar-refractivity contribution in [2.24, 2.45) is 0 Å². The third-order valence-corrected chi connectivity index (χ3v) is 1.68. The number of halogens is 2. The van der Waals surface area contributed by atoms with Crippen molar-refractivity contribution in [1.82, 2.24) is 0 Å². The van der Waals surface area contributed by atoms with E-state index >= 15 is 0 Å². The smallest absolute Gasteiger partial charge is 0.109 e. The van der Waals surface area contributed by atoms with Crippen LogP contribution in [0.2, 0.25) is 0 Å². The minimum Gasteiger partial charge on any atom is -0.377 e. The average Bonchev–Trinajstić information content (AvgIpc) is 2.01. The molecule has 0 fully saturated rings. The molecule has 0 aromatic rings. The van der Waals surface area contributed by atoms with Crippen LogP contribution in [-0.4, -0.2) is 36.5 Å². The second kappa shape index (κ2) is 9.40. The van der Waals surface area contributed by atoms with Crippen LogP contribution in [0.1, 0.15) is 13.8 Å². The van der Waals surface area contributed by atoms with E-state index in [2.05, 4.69) is 31.9 Å². The Morgan fingerprint density at radius 2 is 1.23 bits per heavy atom. The Bertz CT molecular complexity index is 97.6. The van der Waals surface area contributed by atoms with E-state index in [9.17, 15) is 0 Å². The summed E-state index contributed by atoms with van der Waals surface area (Å²) in [4.78, 5) is 0. The van der Waals surface area contributed by atoms with Gasteiger partial charge in [-0.25, -0.2) is 0 Å². The Morgan fingerprint density at radius 1 is 0.846 bits per heavy atom. The number of alkyl halides is 2. The molecule has 0 amide bonds. The molecule has 0 aliphatic rings. The molecule has 0 saturated carbocycles. The van der Waals surface area contributed by atoms with Crippen molar-refractivity contribution in [1.29, 1.82) is 0 Å². The van der Waals surface area contributed by atoms with Crippen LogP contribution in [0, 0.1) is 0 Å². The Labute approximate surface area is 96.4 Å². The van der Waals surface area contributed by atoms with Crippen LogP contribution in [0.5, 0.6) is 0 Å². The highest BCUT2D eigenvalue weighted by molar-refractivity contribution is 9.09. The zero-order valence-corrected chi connectivity index (χ0v) is 11.1. The lowest BCUT2D eigenvalue weighted by Gasteiger charge is -2.08. The maximum Gasteiger partial charge on any atom is 0.109 e. The fourth-order valence-electron chi connectivity index (χ4n) is 0.641. The predicted molar refractivity (Wildman–Crippen MR) is 59.5 cm³/mol. The lowest BCUT2D eigenvalue weighted by molar-refractivity contribution is 0.0110. The van der Waals surface area contributed by atoms with E-state index in [4.69, 9.17) is 14.2 Å². The van der Waals surface area contributed by atoms with E-state index in [1.54, 1.807) is 0 Å². The molecule has 0 rings (SSSR count). The van der Waals surface area contributed by atoms with E-state index in [1.165, 1.54) is 0 Å². The Morgan fingerprint density at radius 3 is 1.54 bits per heavy atom. The van der Waals surface area contributed by atoms with Gasteiger partial charge in [0.1, 0.15) is 10.0 Å². The minimum atomic E-state index is 0.0925. The molecule has 0 spiro atoms. The quantitative estimate of drug-likeness (QED) is 0.508. The van der Waals surface area contributed by atoms with Gasteiger partial charge in [0.15, 0.2) is 0 Å². The van der Waals surface area contributed by atoms with Crippen molar-refractivity contribution in [3.8, 4) is 0 Å². The van der Waals surface area contributed by atoms with Crippen molar-refractivity contribution in [3.05, 3.63) is 0 Å². The maximum atomic E-state index is 5.24. The summed E-state index contributed by atoms with van der Waals surface area (Å²) in [7, 11) is 0. The summed E-state index contributed by atoms with van der Waals surface area (Å²) in [5, 5.41) is 0.185. The SMILES string of the molecule is CC(Br)OCCOCCOC(C)Br. The first-order chi connectivity index (χ1) is 6.13. The van der Waals surface area contributed by atoms with Gasteiger partial charge in [-0.15, -0.1) is 0 Å². The van der Waals surface area contributed by atoms with Crippen LogP contribution in [0.4, 0.5) is 0 Å². The van der Waals surface area contributed by atoms with Crippen LogP contribution in [0.15, 0.2) is 0 Å². The summed E-state index contributed by atoms with van der Waals surface area (Å²) >= 11 is 6.54. The van der Waals surface area contributed by atoms with Gasteiger partial charge in [0, 0.05) is 0 Å². The van der Waals surface area contributed by atoms with Gasteiger partial charge in [-0.3, -0.25) is 0 Å². The molecule has 2 atom stereocenters. The van der Waals surface area contributed by atoms with E-state index in [-0.39, 0.29) is 10.0 Å². The van der Waals surface area contributed by atoms with Gasteiger partial charge in [0.2, 0.25) is 0 Å². The summed E-state index contributed by atoms with van der Waals surface area (Å²) in [6.07, 6.45) is 0. The Kier molecular flexibility index (Phi) is 10.0. The van der Waals surface area contributed by atoms with Gasteiger partial charge in [0.25, 0.3) is 0 Å². The molecule has 13 heavy (non-hydrogen) atoms. The van der Waals surface area contributed by atoms with E-state index < -0.39 is 0 Å². The fourth-order valence-corrected chi connectivity index (χ4v) is 1.01. The number of rotatable bonds is 8. The molecule has 80 valence electrons. The number of hydrogen-bond donors (Lipinski definition) is 0. The predicted octanol–water partition coefficient (Wildman–Crippen LogP) is 2.52. The summed E-state index contributed by atoms with van der Waals surface area (Å²) in [5.41, 5.74) is 0. The largest absolute Gasteiger partial charge is 0.377 e. The zero-order valence-electron chi connectivity index (χ0n) is 7.96. The highest BCUT2D eigenvalue weighted by Gasteiger charge is 1.96. The highest BCUT2D eigenvalue weighted by Crippen LogP contribution is 1.99.